The van der Waals surface area contributed by atoms with Crippen LogP contribution in [0.25, 0.3) is 0 Å². The third kappa shape index (κ3) is 0.995. The number of piperazine rings is 1. The molecule has 0 saturated carbocycles. The highest BCUT2D eigenvalue weighted by Gasteiger charge is 2.29. The van der Waals surface area contributed by atoms with Crippen molar-refractivity contribution >= 4 is 11.8 Å². The van der Waals surface area contributed by atoms with Gasteiger partial charge in [-0.05, 0) is 12.8 Å². The lowest BCUT2D eigenvalue weighted by Crippen LogP contribution is -2.50. The van der Waals surface area contributed by atoms with E-state index in [-0.39, 0.29) is 18.4 Å². The summed E-state index contributed by atoms with van der Waals surface area (Å²) in [7, 11) is 0. The third-order valence-corrected chi connectivity index (χ3v) is 2.15. The fourth-order valence-electron chi connectivity index (χ4n) is 1.54. The van der Waals surface area contributed by atoms with Gasteiger partial charge in [0.1, 0.15) is 5.70 Å². The van der Waals surface area contributed by atoms with Crippen LogP contribution in [0.2, 0.25) is 0 Å². The van der Waals surface area contributed by atoms with Crippen LogP contribution < -0.4 is 5.32 Å². The Morgan fingerprint density at radius 1 is 1.42 bits per heavy atom. The average molecular weight is 166 g/mol. The number of nitrogens with zero attached hydrogens (tertiary/aromatic N) is 1. The van der Waals surface area contributed by atoms with Crippen LogP contribution in [0.3, 0.4) is 0 Å². The molecule has 0 aromatic rings. The van der Waals surface area contributed by atoms with Gasteiger partial charge in [0.15, 0.2) is 0 Å². The molecule has 2 aliphatic heterocycles. The normalized spacial score (nSPS) is 23.0. The van der Waals surface area contributed by atoms with Gasteiger partial charge in [-0.2, -0.15) is 0 Å². The summed E-state index contributed by atoms with van der Waals surface area (Å²) in [5.41, 5.74) is 0.539. The molecule has 1 saturated heterocycles. The molecule has 2 amide bonds. The van der Waals surface area contributed by atoms with Crippen molar-refractivity contribution in [2.75, 3.05) is 13.1 Å². The van der Waals surface area contributed by atoms with Crippen molar-refractivity contribution in [2.45, 2.75) is 12.8 Å². The van der Waals surface area contributed by atoms with Gasteiger partial charge in [-0.25, -0.2) is 0 Å². The lowest BCUT2D eigenvalue weighted by Gasteiger charge is -2.31. The molecule has 64 valence electrons. The minimum atomic E-state index is -0.116. The number of allylic oxidation sites excluding steroid dienone is 1. The maximum absolute atomic E-state index is 11.2. The molecule has 0 spiro atoms. The fraction of sp³-hybridized carbons (Fsp3) is 0.500. The smallest absolute Gasteiger partial charge is 0.268 e. The van der Waals surface area contributed by atoms with Crippen LogP contribution in [-0.2, 0) is 9.59 Å². The van der Waals surface area contributed by atoms with Crippen LogP contribution in [-0.4, -0.2) is 29.8 Å². The maximum Gasteiger partial charge on any atom is 0.268 e. The first-order chi connectivity index (χ1) is 5.79. The number of hydrogen-bond acceptors (Lipinski definition) is 2. The van der Waals surface area contributed by atoms with Gasteiger partial charge in [0.25, 0.3) is 5.91 Å². The zero-order valence-electron chi connectivity index (χ0n) is 6.67. The standard InChI is InChI=1S/C8H10N2O2/c11-7-5-9-8(12)6-3-1-2-4-10(6)7/h3H,1-2,4-5H2,(H,9,12). The van der Waals surface area contributed by atoms with Crippen LogP contribution in [0.15, 0.2) is 11.8 Å². The van der Waals surface area contributed by atoms with Gasteiger partial charge in [-0.1, -0.05) is 6.08 Å². The first-order valence-electron chi connectivity index (χ1n) is 4.08. The molecule has 4 heteroatoms. The molecule has 2 rings (SSSR count). The first kappa shape index (κ1) is 7.34. The molecule has 2 aliphatic rings. The molecule has 0 bridgehead atoms. The predicted octanol–water partition coefficient (Wildman–Crippen LogP) is -0.378. The van der Waals surface area contributed by atoms with Gasteiger partial charge in [0.05, 0.1) is 6.54 Å². The minimum Gasteiger partial charge on any atom is -0.342 e. The second kappa shape index (κ2) is 2.62. The Bertz CT molecular complexity index is 270. The molecule has 0 atom stereocenters. The molecule has 0 aromatic heterocycles. The van der Waals surface area contributed by atoms with Gasteiger partial charge in [-0.3, -0.25) is 9.59 Å². The second-order valence-electron chi connectivity index (χ2n) is 2.96. The van der Waals surface area contributed by atoms with Gasteiger partial charge < -0.3 is 10.2 Å². The molecule has 4 nitrogen and oxygen atoms in total. The van der Waals surface area contributed by atoms with Gasteiger partial charge in [0, 0.05) is 6.54 Å². The summed E-state index contributed by atoms with van der Waals surface area (Å²) in [6.07, 6.45) is 3.69. The molecular formula is C8H10N2O2. The maximum atomic E-state index is 11.2. The Kier molecular flexibility index (Phi) is 1.60. The molecule has 0 unspecified atom stereocenters. The Morgan fingerprint density at radius 2 is 2.25 bits per heavy atom. The highest BCUT2D eigenvalue weighted by atomic mass is 16.2. The lowest BCUT2D eigenvalue weighted by atomic mass is 10.1. The van der Waals surface area contributed by atoms with E-state index in [2.05, 4.69) is 5.32 Å². The summed E-state index contributed by atoms with van der Waals surface area (Å²) in [6, 6.07) is 0. The van der Waals surface area contributed by atoms with Crippen LogP contribution >= 0.6 is 0 Å². The van der Waals surface area contributed by atoms with Gasteiger partial charge in [0.2, 0.25) is 5.91 Å². The number of carbonyl (C=O) groups excluding carboxylic acids is 2. The number of amides is 2. The van der Waals surface area contributed by atoms with E-state index >= 15 is 0 Å². The summed E-state index contributed by atoms with van der Waals surface area (Å²) >= 11 is 0. The Morgan fingerprint density at radius 3 is 3.00 bits per heavy atom. The molecule has 1 N–H and O–H groups in total. The number of rotatable bonds is 0. The largest absolute Gasteiger partial charge is 0.342 e. The number of carbonyl (C=O) groups is 2. The van der Waals surface area contributed by atoms with Gasteiger partial charge in [-0.15, -0.1) is 0 Å². The number of fused-ring (bicyclic) bond motifs is 1. The molecule has 2 heterocycles. The van der Waals surface area contributed by atoms with Crippen LogP contribution in [0.5, 0.6) is 0 Å². The summed E-state index contributed by atoms with van der Waals surface area (Å²) in [5.74, 6) is -0.116. The monoisotopic (exact) mass is 166 g/mol. The van der Waals surface area contributed by atoms with Crippen molar-refractivity contribution in [1.29, 1.82) is 0 Å². The van der Waals surface area contributed by atoms with E-state index in [0.717, 1.165) is 12.8 Å². The zero-order valence-corrected chi connectivity index (χ0v) is 6.67. The van der Waals surface area contributed by atoms with Crippen molar-refractivity contribution in [3.63, 3.8) is 0 Å². The van der Waals surface area contributed by atoms with E-state index in [9.17, 15) is 9.59 Å². The Labute approximate surface area is 70.2 Å². The Balaban J connectivity index is 2.31. The highest BCUT2D eigenvalue weighted by Crippen LogP contribution is 2.17. The van der Waals surface area contributed by atoms with E-state index in [4.69, 9.17) is 0 Å². The van der Waals surface area contributed by atoms with Crippen molar-refractivity contribution in [3.05, 3.63) is 11.8 Å². The SMILES string of the molecule is O=C1NCC(=O)N2CCCC=C12. The molecule has 12 heavy (non-hydrogen) atoms. The number of hydrogen-bond donors (Lipinski definition) is 1. The molecule has 0 aromatic carbocycles. The molecular weight excluding hydrogens is 156 g/mol. The topological polar surface area (TPSA) is 49.4 Å². The second-order valence-corrected chi connectivity index (χ2v) is 2.96. The summed E-state index contributed by atoms with van der Waals surface area (Å²) < 4.78 is 0. The van der Waals surface area contributed by atoms with E-state index < -0.39 is 0 Å². The van der Waals surface area contributed by atoms with E-state index in [0.29, 0.717) is 12.2 Å². The predicted molar refractivity (Wildman–Crippen MR) is 42.0 cm³/mol. The number of nitrogens with one attached hydrogen (secondary N) is 1. The summed E-state index contributed by atoms with van der Waals surface area (Å²) in [4.78, 5) is 24.0. The van der Waals surface area contributed by atoms with E-state index in [1.54, 1.807) is 4.90 Å². The van der Waals surface area contributed by atoms with Crippen LogP contribution in [0, 0.1) is 0 Å². The summed E-state index contributed by atoms with van der Waals surface area (Å²) in [5, 5.41) is 2.53. The highest BCUT2D eigenvalue weighted by molar-refractivity contribution is 6.03. The van der Waals surface area contributed by atoms with Crippen molar-refractivity contribution in [1.82, 2.24) is 10.2 Å². The average Bonchev–Trinajstić information content (AvgIpc) is 2.12. The van der Waals surface area contributed by atoms with Crippen molar-refractivity contribution in [2.24, 2.45) is 0 Å². The quantitative estimate of drug-likeness (QED) is 0.533. The van der Waals surface area contributed by atoms with Crippen LogP contribution in [0.1, 0.15) is 12.8 Å². The van der Waals surface area contributed by atoms with Crippen LogP contribution in [0.4, 0.5) is 0 Å². The fourth-order valence-corrected chi connectivity index (χ4v) is 1.54. The zero-order chi connectivity index (χ0) is 8.55. The van der Waals surface area contributed by atoms with Crippen molar-refractivity contribution < 1.29 is 9.59 Å². The van der Waals surface area contributed by atoms with E-state index in [1.165, 1.54) is 0 Å². The summed E-state index contributed by atoms with van der Waals surface area (Å²) in [6.45, 7) is 0.842. The molecule has 1 fully saturated rings. The Hall–Kier alpha value is -1.32. The molecule has 0 radical (unpaired) electrons. The third-order valence-electron chi connectivity index (χ3n) is 2.15. The van der Waals surface area contributed by atoms with Crippen molar-refractivity contribution in [3.8, 4) is 0 Å². The first-order valence-corrected chi connectivity index (χ1v) is 4.08. The van der Waals surface area contributed by atoms with Gasteiger partial charge >= 0.3 is 0 Å². The lowest BCUT2D eigenvalue weighted by molar-refractivity contribution is -0.136. The molecule has 0 aliphatic carbocycles. The van der Waals surface area contributed by atoms with E-state index in [1.807, 2.05) is 6.08 Å². The minimum absolute atomic E-state index is 0.000509.